The predicted octanol–water partition coefficient (Wildman–Crippen LogP) is 10.0. The first-order valence-corrected chi connectivity index (χ1v) is 23.5. The maximum absolute atomic E-state index is 12.9. The van der Waals surface area contributed by atoms with Crippen LogP contribution in [0.4, 0.5) is 0 Å². The molecule has 1 amide bonds. The van der Waals surface area contributed by atoms with E-state index in [0.717, 1.165) is 57.8 Å². The largest absolute Gasteiger partial charge is 0.394 e. The monoisotopic (exact) mass is 818 g/mol. The molecule has 7 unspecified atom stereocenters. The van der Waals surface area contributed by atoms with Gasteiger partial charge in [-0.1, -0.05) is 171 Å². The van der Waals surface area contributed by atoms with Crippen LogP contribution in [0, 0.1) is 0 Å². The molecule has 1 fully saturated rings. The average molecular weight is 818 g/mol. The highest BCUT2D eigenvalue weighted by Gasteiger charge is 2.44. The van der Waals surface area contributed by atoms with Crippen LogP contribution in [0.3, 0.4) is 0 Å². The number of unbranched alkanes of at least 4 members (excludes halogenated alkanes) is 20. The highest BCUT2D eigenvalue weighted by Crippen LogP contribution is 2.22. The Kier molecular flexibility index (Phi) is 36.3. The normalized spacial score (nSPS) is 21.4. The van der Waals surface area contributed by atoms with Crippen LogP contribution in [0.2, 0.25) is 0 Å². The Morgan fingerprint density at radius 2 is 1.09 bits per heavy atom. The number of hydrogen-bond acceptors (Lipinski definition) is 8. The number of carbonyl (C=O) groups excluding carboxylic acids is 1. The molecule has 0 radical (unpaired) electrons. The summed E-state index contributed by atoms with van der Waals surface area (Å²) < 4.78 is 11.2. The molecule has 0 aromatic carbocycles. The highest BCUT2D eigenvalue weighted by molar-refractivity contribution is 5.76. The van der Waals surface area contributed by atoms with Gasteiger partial charge in [-0.3, -0.25) is 4.79 Å². The third kappa shape index (κ3) is 29.2. The topological polar surface area (TPSA) is 149 Å². The molecule has 1 aliphatic rings. The van der Waals surface area contributed by atoms with Gasteiger partial charge in [-0.2, -0.15) is 0 Å². The van der Waals surface area contributed by atoms with Crippen molar-refractivity contribution in [2.24, 2.45) is 0 Å². The molecule has 1 rings (SSSR count). The van der Waals surface area contributed by atoms with Gasteiger partial charge in [-0.15, -0.1) is 0 Å². The zero-order chi connectivity index (χ0) is 42.3. The maximum atomic E-state index is 12.9. The lowest BCUT2D eigenvalue weighted by molar-refractivity contribution is -0.302. The lowest BCUT2D eigenvalue weighted by Gasteiger charge is -2.40. The fourth-order valence-corrected chi connectivity index (χ4v) is 7.05. The Morgan fingerprint density at radius 3 is 1.62 bits per heavy atom. The molecule has 1 aliphatic heterocycles. The minimum Gasteiger partial charge on any atom is -0.394 e. The Labute approximate surface area is 354 Å². The van der Waals surface area contributed by atoms with Gasteiger partial charge in [0.2, 0.25) is 5.91 Å². The van der Waals surface area contributed by atoms with Crippen LogP contribution in [-0.4, -0.2) is 87.5 Å². The molecule has 0 aromatic rings. The van der Waals surface area contributed by atoms with Crippen molar-refractivity contribution >= 4 is 5.91 Å². The van der Waals surface area contributed by atoms with Crippen molar-refractivity contribution in [1.29, 1.82) is 0 Å². The summed E-state index contributed by atoms with van der Waals surface area (Å²) in [6.45, 7) is 3.60. The Hall–Kier alpha value is -2.11. The van der Waals surface area contributed by atoms with E-state index in [0.29, 0.717) is 6.42 Å². The first kappa shape index (κ1) is 53.9. The van der Waals surface area contributed by atoms with Crippen molar-refractivity contribution in [3.8, 4) is 0 Å². The number of ether oxygens (including phenoxy) is 2. The van der Waals surface area contributed by atoms with Crippen molar-refractivity contribution in [2.75, 3.05) is 13.2 Å². The van der Waals surface area contributed by atoms with Crippen LogP contribution in [0.25, 0.3) is 0 Å². The quantitative estimate of drug-likeness (QED) is 0.0267. The zero-order valence-electron chi connectivity index (χ0n) is 36.8. The molecule has 9 heteroatoms. The summed E-state index contributed by atoms with van der Waals surface area (Å²) in [6, 6.07) is -0.828. The summed E-state index contributed by atoms with van der Waals surface area (Å²) in [6.07, 6.45) is 44.3. The molecule has 336 valence electrons. The lowest BCUT2D eigenvalue weighted by Crippen LogP contribution is -2.60. The number of aliphatic hydroxyl groups excluding tert-OH is 5. The molecule has 9 nitrogen and oxygen atoms in total. The van der Waals surface area contributed by atoms with Crippen LogP contribution in [0.5, 0.6) is 0 Å². The molecule has 0 aromatic heterocycles. The second-order valence-corrected chi connectivity index (χ2v) is 16.1. The highest BCUT2D eigenvalue weighted by atomic mass is 16.7. The van der Waals surface area contributed by atoms with E-state index in [4.69, 9.17) is 9.47 Å². The number of allylic oxidation sites excluding steroid dienone is 9. The number of aliphatic hydroxyl groups is 5. The SMILES string of the molecule is CC/C=C/CC/C=C/CC/C=C/C(O)C(COC1OC(CO)C(O)C(O)C1O)NC(=O)CCCCCCCCCCCCCCC/C=C\C/C=C\CCCCCCC. The number of carbonyl (C=O) groups is 1. The van der Waals surface area contributed by atoms with Crippen molar-refractivity contribution in [1.82, 2.24) is 5.32 Å². The molecule has 1 saturated heterocycles. The Morgan fingerprint density at radius 1 is 0.603 bits per heavy atom. The van der Waals surface area contributed by atoms with E-state index >= 15 is 0 Å². The van der Waals surface area contributed by atoms with Gasteiger partial charge in [0.1, 0.15) is 24.4 Å². The van der Waals surface area contributed by atoms with Gasteiger partial charge in [0.25, 0.3) is 0 Å². The van der Waals surface area contributed by atoms with Gasteiger partial charge in [0.15, 0.2) is 6.29 Å². The van der Waals surface area contributed by atoms with E-state index in [1.54, 1.807) is 6.08 Å². The van der Waals surface area contributed by atoms with Gasteiger partial charge in [0, 0.05) is 6.42 Å². The van der Waals surface area contributed by atoms with Crippen LogP contribution < -0.4 is 5.32 Å². The molecule has 7 atom stereocenters. The summed E-state index contributed by atoms with van der Waals surface area (Å²) in [7, 11) is 0. The molecule has 0 aliphatic carbocycles. The molecule has 1 heterocycles. The molecule has 0 spiro atoms. The van der Waals surface area contributed by atoms with E-state index in [1.807, 2.05) is 6.08 Å². The van der Waals surface area contributed by atoms with Gasteiger partial charge in [0.05, 0.1) is 25.4 Å². The standard InChI is InChI=1S/C49H87NO8/c1-3-5-7-9-11-13-15-16-17-18-19-20-21-22-23-24-25-26-27-28-29-31-33-35-37-39-45(53)50-42(41-57-49-48(56)47(55)46(54)44(40-51)58-49)43(52)38-36-34-32-30-14-12-10-8-6-4-2/h6,8,14-16,18-19,30,36,38,42-44,46-49,51-52,54-56H,3-5,7,9-13,17,20-29,31-35,37,39-41H2,1-2H3,(H,50,53)/b8-6+,16-15-,19-18-,30-14+,38-36+. The molecule has 0 bridgehead atoms. The number of hydrogen-bond donors (Lipinski definition) is 6. The van der Waals surface area contributed by atoms with Gasteiger partial charge < -0.3 is 40.3 Å². The molecule has 58 heavy (non-hydrogen) atoms. The molecular formula is C49H87NO8. The lowest BCUT2D eigenvalue weighted by atomic mass is 9.99. The van der Waals surface area contributed by atoms with Crippen LogP contribution >= 0.6 is 0 Å². The second-order valence-electron chi connectivity index (χ2n) is 16.1. The maximum Gasteiger partial charge on any atom is 0.220 e. The summed E-state index contributed by atoms with van der Waals surface area (Å²) in [4.78, 5) is 12.9. The third-order valence-electron chi connectivity index (χ3n) is 10.8. The molecular weight excluding hydrogens is 731 g/mol. The van der Waals surface area contributed by atoms with Crippen molar-refractivity contribution in [2.45, 2.75) is 230 Å². The first-order valence-electron chi connectivity index (χ1n) is 23.5. The number of rotatable bonds is 38. The van der Waals surface area contributed by atoms with E-state index in [9.17, 15) is 30.3 Å². The summed E-state index contributed by atoms with van der Waals surface area (Å²) >= 11 is 0. The van der Waals surface area contributed by atoms with Crippen molar-refractivity contribution in [3.05, 3.63) is 60.8 Å². The Balaban J connectivity index is 2.24. The predicted molar refractivity (Wildman–Crippen MR) is 239 cm³/mol. The second kappa shape index (κ2) is 39.1. The summed E-state index contributed by atoms with van der Waals surface area (Å²) in [5, 5.41) is 54.0. The zero-order valence-corrected chi connectivity index (χ0v) is 36.8. The van der Waals surface area contributed by atoms with Crippen LogP contribution in [-0.2, 0) is 14.3 Å². The smallest absolute Gasteiger partial charge is 0.220 e. The fourth-order valence-electron chi connectivity index (χ4n) is 7.05. The number of amides is 1. The Bertz CT molecular complexity index is 1090. The third-order valence-corrected chi connectivity index (χ3v) is 10.8. The fraction of sp³-hybridized carbons (Fsp3) is 0.776. The van der Waals surface area contributed by atoms with Gasteiger partial charge in [-0.25, -0.2) is 0 Å². The van der Waals surface area contributed by atoms with Gasteiger partial charge in [-0.05, 0) is 70.6 Å². The molecule has 6 N–H and O–H groups in total. The first-order chi connectivity index (χ1) is 28.3. The summed E-state index contributed by atoms with van der Waals surface area (Å²) in [5.41, 5.74) is 0. The van der Waals surface area contributed by atoms with E-state index in [-0.39, 0.29) is 12.5 Å². The van der Waals surface area contributed by atoms with Crippen LogP contribution in [0.15, 0.2) is 60.8 Å². The minimum atomic E-state index is -1.57. The van der Waals surface area contributed by atoms with Crippen LogP contribution in [0.1, 0.15) is 187 Å². The number of nitrogens with one attached hydrogen (secondary N) is 1. The van der Waals surface area contributed by atoms with Crippen molar-refractivity contribution < 1.29 is 39.8 Å². The average Bonchev–Trinajstić information content (AvgIpc) is 3.22. The van der Waals surface area contributed by atoms with E-state index in [1.165, 1.54) is 109 Å². The van der Waals surface area contributed by atoms with E-state index < -0.39 is 49.5 Å². The minimum absolute atomic E-state index is 0.196. The molecule has 0 saturated carbocycles. The summed E-state index contributed by atoms with van der Waals surface area (Å²) in [5.74, 6) is -0.196. The van der Waals surface area contributed by atoms with Crippen molar-refractivity contribution in [3.63, 3.8) is 0 Å². The van der Waals surface area contributed by atoms with E-state index in [2.05, 4.69) is 67.8 Å². The van der Waals surface area contributed by atoms with Gasteiger partial charge >= 0.3 is 0 Å².